The first-order valence-corrected chi connectivity index (χ1v) is 9.07. The van der Waals surface area contributed by atoms with Gasteiger partial charge in [0.15, 0.2) is 5.16 Å². The fourth-order valence-electron chi connectivity index (χ4n) is 2.50. The third-order valence-corrected chi connectivity index (χ3v) is 4.43. The van der Waals surface area contributed by atoms with Crippen molar-refractivity contribution in [2.75, 3.05) is 37.2 Å². The van der Waals surface area contributed by atoms with Gasteiger partial charge < -0.3 is 9.80 Å². The maximum atomic E-state index is 12.5. The van der Waals surface area contributed by atoms with Crippen molar-refractivity contribution < 1.29 is 4.79 Å². The van der Waals surface area contributed by atoms with E-state index < -0.39 is 0 Å². The monoisotopic (exact) mass is 344 g/mol. The van der Waals surface area contributed by atoms with Gasteiger partial charge in [-0.15, -0.1) is 0 Å². The number of anilines is 2. The molecule has 0 aliphatic carbocycles. The lowest BCUT2D eigenvalue weighted by molar-refractivity contribution is -0.118. The second kappa shape index (κ2) is 8.15. The van der Waals surface area contributed by atoms with E-state index in [4.69, 9.17) is 0 Å². The van der Waals surface area contributed by atoms with Gasteiger partial charge in [-0.1, -0.05) is 30.0 Å². The van der Waals surface area contributed by atoms with E-state index in [1.165, 1.54) is 11.8 Å². The zero-order chi connectivity index (χ0) is 17.7. The van der Waals surface area contributed by atoms with Crippen LogP contribution in [0.3, 0.4) is 0 Å². The van der Waals surface area contributed by atoms with Gasteiger partial charge >= 0.3 is 0 Å². The molecule has 24 heavy (non-hydrogen) atoms. The molecule has 5 nitrogen and oxygen atoms in total. The fourth-order valence-corrected chi connectivity index (χ4v) is 2.91. The average molecular weight is 344 g/mol. The highest BCUT2D eigenvalue weighted by Crippen LogP contribution is 2.24. The predicted molar refractivity (Wildman–Crippen MR) is 101 cm³/mol. The molecule has 1 heterocycles. The molecule has 0 saturated carbocycles. The number of rotatable bonds is 6. The van der Waals surface area contributed by atoms with E-state index in [0.717, 1.165) is 27.9 Å². The standard InChI is InChI=1S/C18H24N4OS/c1-13-15(17(21(2)3)20-18(19-13)24-5)11-12-16(23)22(4)14-9-7-6-8-10-14/h6-10H,11-12H2,1-5H3. The van der Waals surface area contributed by atoms with E-state index in [1.807, 2.05) is 69.6 Å². The van der Waals surface area contributed by atoms with E-state index >= 15 is 0 Å². The Bertz CT molecular complexity index is 704. The van der Waals surface area contributed by atoms with Crippen LogP contribution in [0.2, 0.25) is 0 Å². The van der Waals surface area contributed by atoms with Crippen molar-refractivity contribution in [3.05, 3.63) is 41.6 Å². The fraction of sp³-hybridized carbons (Fsp3) is 0.389. The summed E-state index contributed by atoms with van der Waals surface area (Å²) in [6, 6.07) is 9.68. The Morgan fingerprint density at radius 1 is 1.12 bits per heavy atom. The molecule has 0 fully saturated rings. The van der Waals surface area contributed by atoms with Gasteiger partial charge in [0.05, 0.1) is 0 Å². The van der Waals surface area contributed by atoms with Crippen LogP contribution in [0, 0.1) is 6.92 Å². The largest absolute Gasteiger partial charge is 0.362 e. The Balaban J connectivity index is 2.15. The van der Waals surface area contributed by atoms with Crippen molar-refractivity contribution in [2.24, 2.45) is 0 Å². The molecule has 0 aliphatic rings. The zero-order valence-electron chi connectivity index (χ0n) is 14.9. The first-order valence-electron chi connectivity index (χ1n) is 7.84. The summed E-state index contributed by atoms with van der Waals surface area (Å²) in [5.41, 5.74) is 2.88. The number of para-hydroxylation sites is 1. The van der Waals surface area contributed by atoms with E-state index in [2.05, 4.69) is 9.97 Å². The van der Waals surface area contributed by atoms with Crippen LogP contribution < -0.4 is 9.80 Å². The summed E-state index contributed by atoms with van der Waals surface area (Å²) in [4.78, 5) is 25.3. The number of carbonyl (C=O) groups is 1. The third-order valence-electron chi connectivity index (χ3n) is 3.88. The molecule has 0 atom stereocenters. The van der Waals surface area contributed by atoms with Crippen LogP contribution >= 0.6 is 11.8 Å². The molecule has 1 aromatic carbocycles. The Morgan fingerprint density at radius 3 is 2.38 bits per heavy atom. The van der Waals surface area contributed by atoms with Crippen molar-refractivity contribution in [3.8, 4) is 0 Å². The lowest BCUT2D eigenvalue weighted by Gasteiger charge is -2.20. The molecular weight excluding hydrogens is 320 g/mol. The highest BCUT2D eigenvalue weighted by Gasteiger charge is 2.16. The Labute approximate surface area is 148 Å². The van der Waals surface area contributed by atoms with Crippen LogP contribution in [0.4, 0.5) is 11.5 Å². The molecule has 1 amide bonds. The molecule has 2 rings (SSSR count). The van der Waals surface area contributed by atoms with E-state index in [-0.39, 0.29) is 5.91 Å². The predicted octanol–water partition coefficient (Wildman–Crippen LogP) is 3.17. The van der Waals surface area contributed by atoms with Crippen LogP contribution in [0.15, 0.2) is 35.5 Å². The normalized spacial score (nSPS) is 10.5. The molecule has 1 aromatic heterocycles. The number of thioether (sulfide) groups is 1. The lowest BCUT2D eigenvalue weighted by Crippen LogP contribution is -2.26. The summed E-state index contributed by atoms with van der Waals surface area (Å²) in [7, 11) is 5.74. The molecule has 0 saturated heterocycles. The topological polar surface area (TPSA) is 49.3 Å². The Morgan fingerprint density at radius 2 is 1.79 bits per heavy atom. The van der Waals surface area contributed by atoms with Crippen LogP contribution in [0.25, 0.3) is 0 Å². The highest BCUT2D eigenvalue weighted by atomic mass is 32.2. The van der Waals surface area contributed by atoms with Gasteiger partial charge in [0.2, 0.25) is 5.91 Å². The minimum absolute atomic E-state index is 0.0826. The highest BCUT2D eigenvalue weighted by molar-refractivity contribution is 7.98. The average Bonchev–Trinajstić information content (AvgIpc) is 2.59. The summed E-state index contributed by atoms with van der Waals surface area (Å²) < 4.78 is 0. The number of hydrogen-bond donors (Lipinski definition) is 0. The van der Waals surface area contributed by atoms with E-state index in [1.54, 1.807) is 4.90 Å². The van der Waals surface area contributed by atoms with Gasteiger partial charge in [0, 0.05) is 44.5 Å². The minimum atomic E-state index is 0.0826. The first kappa shape index (κ1) is 18.3. The quantitative estimate of drug-likeness (QED) is 0.595. The van der Waals surface area contributed by atoms with Crippen LogP contribution in [0.5, 0.6) is 0 Å². The summed E-state index contributed by atoms with van der Waals surface area (Å²) >= 11 is 1.53. The smallest absolute Gasteiger partial charge is 0.227 e. The van der Waals surface area contributed by atoms with Crippen molar-refractivity contribution >= 4 is 29.2 Å². The number of carbonyl (C=O) groups excluding carboxylic acids is 1. The number of benzene rings is 1. The van der Waals surface area contributed by atoms with Crippen molar-refractivity contribution in [1.82, 2.24) is 9.97 Å². The molecule has 0 spiro atoms. The molecule has 0 radical (unpaired) electrons. The number of hydrogen-bond acceptors (Lipinski definition) is 5. The molecule has 0 unspecified atom stereocenters. The van der Waals surface area contributed by atoms with E-state index in [9.17, 15) is 4.79 Å². The second-order valence-corrected chi connectivity index (χ2v) is 6.55. The maximum Gasteiger partial charge on any atom is 0.227 e. The van der Waals surface area contributed by atoms with Crippen molar-refractivity contribution in [2.45, 2.75) is 24.9 Å². The SMILES string of the molecule is CSc1nc(C)c(CCC(=O)N(C)c2ccccc2)c(N(C)C)n1. The minimum Gasteiger partial charge on any atom is -0.362 e. The number of aromatic nitrogens is 2. The summed E-state index contributed by atoms with van der Waals surface area (Å²) in [5.74, 6) is 0.973. The van der Waals surface area contributed by atoms with Crippen LogP contribution in [0.1, 0.15) is 17.7 Å². The number of aryl methyl sites for hydroxylation is 1. The van der Waals surface area contributed by atoms with Crippen LogP contribution in [-0.4, -0.2) is 43.3 Å². The zero-order valence-corrected chi connectivity index (χ0v) is 15.7. The molecule has 0 aliphatic heterocycles. The van der Waals surface area contributed by atoms with Gasteiger partial charge in [-0.3, -0.25) is 4.79 Å². The van der Waals surface area contributed by atoms with E-state index in [0.29, 0.717) is 12.8 Å². The lowest BCUT2D eigenvalue weighted by atomic mass is 10.1. The van der Waals surface area contributed by atoms with Crippen molar-refractivity contribution in [3.63, 3.8) is 0 Å². The molecular formula is C18H24N4OS. The molecule has 0 bridgehead atoms. The van der Waals surface area contributed by atoms with Gasteiger partial charge in [0.25, 0.3) is 0 Å². The Hall–Kier alpha value is -2.08. The molecule has 0 N–H and O–H groups in total. The Kier molecular flexibility index (Phi) is 6.20. The molecule has 2 aromatic rings. The van der Waals surface area contributed by atoms with Gasteiger partial charge in [-0.25, -0.2) is 9.97 Å². The first-order chi connectivity index (χ1) is 11.4. The molecule has 6 heteroatoms. The van der Waals surface area contributed by atoms with Crippen molar-refractivity contribution in [1.29, 1.82) is 0 Å². The van der Waals surface area contributed by atoms with Gasteiger partial charge in [-0.2, -0.15) is 0 Å². The van der Waals surface area contributed by atoms with Crippen LogP contribution in [-0.2, 0) is 11.2 Å². The second-order valence-electron chi connectivity index (χ2n) is 5.78. The summed E-state index contributed by atoms with van der Waals surface area (Å²) in [5, 5.41) is 0.757. The number of amides is 1. The number of nitrogens with zero attached hydrogens (tertiary/aromatic N) is 4. The van der Waals surface area contributed by atoms with Gasteiger partial charge in [-0.05, 0) is 31.7 Å². The maximum absolute atomic E-state index is 12.5. The summed E-state index contributed by atoms with van der Waals surface area (Å²) in [6.07, 6.45) is 3.02. The van der Waals surface area contributed by atoms with Gasteiger partial charge in [0.1, 0.15) is 5.82 Å². The molecule has 128 valence electrons. The third kappa shape index (κ3) is 4.26. The summed E-state index contributed by atoms with van der Waals surface area (Å²) in [6.45, 7) is 1.98.